The molecule has 12 rings (SSSR count). The molecule has 1 amide bonds. The number of aromatic nitrogens is 2. The van der Waals surface area contributed by atoms with E-state index < -0.39 is 45.0 Å². The number of carbonyl (C=O) groups is 1. The van der Waals surface area contributed by atoms with E-state index in [1.807, 2.05) is 36.4 Å². The van der Waals surface area contributed by atoms with Gasteiger partial charge in [0, 0.05) is 69.3 Å². The van der Waals surface area contributed by atoms with Crippen LogP contribution in [0.15, 0.2) is 269 Å². The molecule has 36 nitrogen and oxygen atoms in total. The summed E-state index contributed by atoms with van der Waals surface area (Å²) in [7, 11) is -14.8. The molecule has 0 saturated carbocycles. The number of hydrogen-bond acceptors (Lipinski definition) is 40. The maximum atomic E-state index is 12.5. The Kier molecular flexibility index (Phi) is 42.3. The molecule has 10 aromatic carbocycles. The molecule has 12 aromatic rings. The van der Waals surface area contributed by atoms with Gasteiger partial charge in [-0.3, -0.25) is 24.9 Å². The van der Waals surface area contributed by atoms with Gasteiger partial charge in [-0.2, -0.15) is 32.8 Å². The molecule has 0 atom stereocenters. The number of amides is 1. The zero-order chi connectivity index (χ0) is 77.2. The van der Waals surface area contributed by atoms with E-state index in [1.54, 1.807) is 84.9 Å². The Labute approximate surface area is 763 Å². The van der Waals surface area contributed by atoms with Crippen LogP contribution < -0.4 is 169 Å². The minimum atomic E-state index is -5.22. The molecule has 0 spiro atoms. The largest absolute Gasteiger partial charge is 1.00 e. The first-order valence-electron chi connectivity index (χ1n) is 29.9. The molecule has 116 heavy (non-hydrogen) atoms. The van der Waals surface area contributed by atoms with Gasteiger partial charge < -0.3 is 50.6 Å². The number of pyridine rings is 1. The van der Waals surface area contributed by atoms with Crippen molar-refractivity contribution in [1.29, 1.82) is 5.26 Å². The number of anilines is 5. The van der Waals surface area contributed by atoms with Gasteiger partial charge in [0.25, 0.3) is 0 Å². The number of nitrogens with one attached hydrogen (secondary N) is 3. The number of rotatable bonds is 30. The SMILES string of the molecule is Cc1c(C#N)c(Nc2ccc(S(=O)(=O)[O-])cc2)nc(Nc2ccc(S(=O)(=O)[O-])cc2)c1N=Nc1nc(-c2ccc3ccccc3c2)c(N=Nc2cc(SOO[O-])c3cc(SOO[O-])cc(S(=O)(=O)[O-])c3c2)s1.O=CNc1ccc(N=Nc2ccc(N=Nc3ccc(SOO[O-])cc3)c3cc(SOO[O-])ccc23)cc1.[Li+].[Li+].[Li+].[Li+].[Li+].[Li+].[Li+]. The van der Waals surface area contributed by atoms with E-state index in [1.165, 1.54) is 49.4 Å². The third kappa shape index (κ3) is 27.5. The minimum absolute atomic E-state index is 0. The molecule has 3 N–H and O–H groups in total. The maximum absolute atomic E-state index is 12.5. The second kappa shape index (κ2) is 48.1. The van der Waals surface area contributed by atoms with E-state index in [0.29, 0.717) is 79.7 Å². The fraction of sp³-hybridized carbons (Fsp3) is 0.0154. The topological polar surface area (TPSA) is 539 Å². The number of fused-ring (bicyclic) bond motifs is 3. The van der Waals surface area contributed by atoms with Crippen molar-refractivity contribution in [2.45, 2.75) is 41.2 Å². The maximum Gasteiger partial charge on any atom is 1.00 e. The Bertz CT molecular complexity index is 5930. The van der Waals surface area contributed by atoms with Gasteiger partial charge in [0.15, 0.2) is 16.6 Å². The molecule has 0 radical (unpaired) electrons. The molecule has 0 saturated heterocycles. The Balaban J connectivity index is 0.000000548. The number of carbonyl (C=O) groups excluding carboxylic acids is 1. The summed E-state index contributed by atoms with van der Waals surface area (Å²) >= 11 is 3.04. The summed E-state index contributed by atoms with van der Waals surface area (Å²) in [6.07, 6.45) is 0.595. The van der Waals surface area contributed by atoms with Gasteiger partial charge in [0.2, 0.25) is 11.5 Å². The summed E-state index contributed by atoms with van der Waals surface area (Å²) in [5.74, 6) is -0.124. The van der Waals surface area contributed by atoms with Crippen molar-refractivity contribution in [1.82, 2.24) is 9.97 Å². The average Bonchev–Trinajstić information content (AvgIpc) is 0.898. The number of nitriles is 1. The summed E-state index contributed by atoms with van der Waals surface area (Å²) in [6.45, 7) is 1.52. The zero-order valence-corrected chi connectivity index (χ0v) is 67.8. The molecule has 2 aromatic heterocycles. The van der Waals surface area contributed by atoms with Gasteiger partial charge in [-0.25, -0.2) is 35.2 Å². The first-order chi connectivity index (χ1) is 52.5. The number of nitrogens with zero attached hydrogens (tertiary/aromatic N) is 11. The van der Waals surface area contributed by atoms with E-state index in [-0.39, 0.29) is 214 Å². The van der Waals surface area contributed by atoms with Crippen molar-refractivity contribution in [2.75, 3.05) is 16.0 Å². The van der Waals surface area contributed by atoms with Gasteiger partial charge in [0.05, 0.1) is 96.9 Å². The summed E-state index contributed by atoms with van der Waals surface area (Å²) in [6, 6.07) is 51.5. The molecule has 0 unspecified atom stereocenters. The Morgan fingerprint density at radius 3 is 1.53 bits per heavy atom. The van der Waals surface area contributed by atoms with E-state index in [0.717, 1.165) is 81.9 Å². The van der Waals surface area contributed by atoms with Gasteiger partial charge >= 0.3 is 132 Å². The van der Waals surface area contributed by atoms with Crippen LogP contribution in [0.1, 0.15) is 11.1 Å². The molecule has 51 heteroatoms. The molecular formula is C65H39Li7N14O22S8. The third-order valence-electron chi connectivity index (χ3n) is 14.7. The molecule has 0 aliphatic heterocycles. The second-order valence-corrected chi connectivity index (χ2v) is 29.5. The summed E-state index contributed by atoms with van der Waals surface area (Å²) in [5, 5.41) is 112. The fourth-order valence-corrected chi connectivity index (χ4v) is 14.1. The van der Waals surface area contributed by atoms with Crippen molar-refractivity contribution in [2.24, 2.45) is 40.9 Å². The van der Waals surface area contributed by atoms with E-state index in [2.05, 4.69) is 105 Å². The van der Waals surface area contributed by atoms with Crippen LogP contribution in [-0.2, 0) is 72.6 Å². The van der Waals surface area contributed by atoms with Gasteiger partial charge in [-0.1, -0.05) is 53.8 Å². The minimum Gasteiger partial charge on any atom is -0.744 e. The van der Waals surface area contributed by atoms with Gasteiger partial charge in [0.1, 0.15) is 47.8 Å². The van der Waals surface area contributed by atoms with Crippen LogP contribution in [0.2, 0.25) is 0 Å². The number of azo groups is 4. The van der Waals surface area contributed by atoms with Crippen LogP contribution in [-0.4, -0.2) is 55.3 Å². The monoisotopic (exact) mass is 1670 g/mol. The van der Waals surface area contributed by atoms with Crippen molar-refractivity contribution in [3.63, 3.8) is 0 Å². The summed E-state index contributed by atoms with van der Waals surface area (Å²) < 4.78 is 125. The molecule has 0 bridgehead atoms. The predicted molar refractivity (Wildman–Crippen MR) is 381 cm³/mol. The molecule has 0 aliphatic rings. The Morgan fingerprint density at radius 1 is 0.457 bits per heavy atom. The summed E-state index contributed by atoms with van der Waals surface area (Å²) in [4.78, 5) is 19.2. The Hall–Kier alpha value is -6.45. The number of thiazole rings is 1. The molecule has 0 aliphatic carbocycles. The second-order valence-electron chi connectivity index (χ2n) is 21.4. The van der Waals surface area contributed by atoms with Crippen molar-refractivity contribution in [3.8, 4) is 17.3 Å². The Morgan fingerprint density at radius 2 is 0.966 bits per heavy atom. The van der Waals surface area contributed by atoms with Crippen LogP contribution >= 0.6 is 59.5 Å². The standard InChI is InChI=1S/C42H29N9O15S6.C23H17N5O7S2.7Li/c1-22-34(21-43)39(44-26-8-12-30(13-9-26)70(54,55)56)47-40(45-27-10-14-31(15-11-27)71(57,58)59)37(22)49-51-42-46-38(25-7-6-23-4-2-3-5-24(23)16-25)41(67-42)50-48-28-17-33-32(35(18-28)69-66-64-53)19-29(68-65-63-52)20-36(33)72(60,61)62;29-14-24-15-1-3-16(4-2-15)25-27-22-11-12-23(21-13-19(37-35-33-31)9-10-20(21)22)28-26-17-5-7-18(8-6-17)36-34-32-30;;;;;;;/h2-20,52-53H,1H3,(H2,44,45,47)(H,54,55,56)(H,57,58,59)(H,60,61,62);1-14,30-31H,(H,24,29);;;;;;;/q;;7*+1/p-7. The quantitative estimate of drug-likeness (QED) is 0.00716. The van der Waals surface area contributed by atoms with Crippen LogP contribution in [0, 0.1) is 18.3 Å². The molecular weight excluding hydrogens is 1630 g/mol. The van der Waals surface area contributed by atoms with Crippen LogP contribution in [0.4, 0.5) is 73.0 Å². The van der Waals surface area contributed by atoms with Crippen LogP contribution in [0.3, 0.4) is 0 Å². The van der Waals surface area contributed by atoms with Crippen molar-refractivity contribution < 1.29 is 234 Å². The molecule has 556 valence electrons. The fourth-order valence-electron chi connectivity index (χ4n) is 9.90. The van der Waals surface area contributed by atoms with Crippen LogP contribution in [0.5, 0.6) is 0 Å². The van der Waals surface area contributed by atoms with E-state index in [9.17, 15) is 70.0 Å². The van der Waals surface area contributed by atoms with Crippen LogP contribution in [0.25, 0.3) is 43.6 Å². The van der Waals surface area contributed by atoms with Gasteiger partial charge in [-0.05, 0) is 169 Å². The predicted octanol–water partition coefficient (Wildman–Crippen LogP) is -7.09. The third-order valence-corrected chi connectivity index (χ3v) is 20.5. The first-order valence-corrected chi connectivity index (χ1v) is 37.9. The van der Waals surface area contributed by atoms with E-state index in [4.69, 9.17) is 4.98 Å². The smallest absolute Gasteiger partial charge is 0.744 e. The first kappa shape index (κ1) is 102. The number of hydrogen-bond donors (Lipinski definition) is 3. The normalized spacial score (nSPS) is 11.3. The van der Waals surface area contributed by atoms with E-state index >= 15 is 0 Å². The van der Waals surface area contributed by atoms with Gasteiger partial charge in [-0.15, -0.1) is 30.7 Å². The van der Waals surface area contributed by atoms with Crippen molar-refractivity contribution in [3.05, 3.63) is 205 Å². The summed E-state index contributed by atoms with van der Waals surface area (Å²) in [5.41, 5.74) is 4.17. The zero-order valence-electron chi connectivity index (χ0n) is 61.2. The average molecular weight is 1670 g/mol. The van der Waals surface area contributed by atoms with Crippen molar-refractivity contribution >= 4 is 202 Å². The number of benzene rings is 10. The molecule has 2 heterocycles. The molecule has 0 fully saturated rings.